The lowest BCUT2D eigenvalue weighted by atomic mass is 10.00. The summed E-state index contributed by atoms with van der Waals surface area (Å²) in [7, 11) is 1.90. The van der Waals surface area contributed by atoms with Gasteiger partial charge in [0.2, 0.25) is 11.8 Å². The third kappa shape index (κ3) is 5.93. The summed E-state index contributed by atoms with van der Waals surface area (Å²) in [5.74, 6) is -1.98. The van der Waals surface area contributed by atoms with Gasteiger partial charge in [-0.25, -0.2) is 8.78 Å². The summed E-state index contributed by atoms with van der Waals surface area (Å²) in [5.41, 5.74) is 0.116. The van der Waals surface area contributed by atoms with Crippen LogP contribution in [-0.2, 0) is 9.59 Å². The molecular formula is C17H24ClF2N3O2. The first-order valence-corrected chi connectivity index (χ1v) is 8.07. The van der Waals surface area contributed by atoms with Gasteiger partial charge in [0.25, 0.3) is 0 Å². The fraction of sp³-hybridized carbons (Fsp3) is 0.529. The molecular weight excluding hydrogens is 352 g/mol. The van der Waals surface area contributed by atoms with Crippen molar-refractivity contribution in [1.29, 1.82) is 0 Å². The highest BCUT2D eigenvalue weighted by atomic mass is 35.5. The molecule has 0 spiro atoms. The van der Waals surface area contributed by atoms with Crippen LogP contribution in [0.2, 0.25) is 0 Å². The average molecular weight is 376 g/mol. The van der Waals surface area contributed by atoms with E-state index in [0.29, 0.717) is 19.1 Å². The van der Waals surface area contributed by atoms with Gasteiger partial charge in [-0.05, 0) is 26.0 Å². The van der Waals surface area contributed by atoms with Crippen molar-refractivity contribution in [3.63, 3.8) is 0 Å². The number of carbonyl (C=O) groups excluding carboxylic acids is 2. The van der Waals surface area contributed by atoms with Gasteiger partial charge in [0, 0.05) is 37.7 Å². The molecule has 0 radical (unpaired) electrons. The average Bonchev–Trinajstić information content (AvgIpc) is 2.54. The number of rotatable bonds is 5. The van der Waals surface area contributed by atoms with Gasteiger partial charge in [-0.2, -0.15) is 0 Å². The monoisotopic (exact) mass is 375 g/mol. The molecule has 8 heteroatoms. The molecule has 140 valence electrons. The van der Waals surface area contributed by atoms with Crippen LogP contribution in [0.25, 0.3) is 0 Å². The highest BCUT2D eigenvalue weighted by molar-refractivity contribution is 5.85. The van der Waals surface area contributed by atoms with Gasteiger partial charge in [0.1, 0.15) is 11.6 Å². The fourth-order valence-electron chi connectivity index (χ4n) is 2.99. The predicted molar refractivity (Wildman–Crippen MR) is 93.4 cm³/mol. The SMILES string of the molecule is CNC1CCN(C(=O)CC(NC(C)=O)c2ccc(F)cc2F)CC1.Cl. The van der Waals surface area contributed by atoms with Crippen LogP contribution < -0.4 is 10.6 Å². The van der Waals surface area contributed by atoms with Gasteiger partial charge in [0.05, 0.1) is 12.5 Å². The molecule has 2 N–H and O–H groups in total. The standard InChI is InChI=1S/C17H23F2N3O2.ClH/c1-11(23)21-16(14-4-3-12(18)9-15(14)19)10-17(24)22-7-5-13(20-2)6-8-22;/h3-4,9,13,16,20H,5-8,10H2,1-2H3,(H,21,23);1H. The molecule has 0 aromatic heterocycles. The summed E-state index contributed by atoms with van der Waals surface area (Å²) >= 11 is 0. The van der Waals surface area contributed by atoms with Crippen molar-refractivity contribution in [2.45, 2.75) is 38.3 Å². The number of hydrogen-bond acceptors (Lipinski definition) is 3. The Labute approximate surface area is 152 Å². The molecule has 1 aliphatic rings. The molecule has 1 unspecified atom stereocenters. The van der Waals surface area contributed by atoms with Gasteiger partial charge in [-0.15, -0.1) is 12.4 Å². The Hall–Kier alpha value is -1.73. The summed E-state index contributed by atoms with van der Waals surface area (Å²) in [5, 5.41) is 5.77. The molecule has 1 heterocycles. The van der Waals surface area contributed by atoms with E-state index in [1.54, 1.807) is 4.90 Å². The van der Waals surface area contributed by atoms with E-state index in [0.717, 1.165) is 25.0 Å². The highest BCUT2D eigenvalue weighted by Crippen LogP contribution is 2.23. The third-order valence-electron chi connectivity index (χ3n) is 4.35. The maximum atomic E-state index is 14.0. The van der Waals surface area contributed by atoms with Crippen molar-refractivity contribution in [3.05, 3.63) is 35.4 Å². The van der Waals surface area contributed by atoms with Crippen molar-refractivity contribution >= 4 is 24.2 Å². The summed E-state index contributed by atoms with van der Waals surface area (Å²) < 4.78 is 27.1. The topological polar surface area (TPSA) is 61.4 Å². The zero-order valence-electron chi connectivity index (χ0n) is 14.4. The van der Waals surface area contributed by atoms with E-state index in [1.807, 2.05) is 7.05 Å². The van der Waals surface area contributed by atoms with E-state index in [9.17, 15) is 18.4 Å². The Balaban J connectivity index is 0.00000312. The number of halogens is 3. The molecule has 0 bridgehead atoms. The molecule has 1 atom stereocenters. The number of likely N-dealkylation sites (tertiary alicyclic amines) is 1. The quantitative estimate of drug-likeness (QED) is 0.829. The molecule has 1 aromatic rings. The number of piperidine rings is 1. The molecule has 2 amide bonds. The number of amides is 2. The largest absolute Gasteiger partial charge is 0.349 e. The lowest BCUT2D eigenvalue weighted by Gasteiger charge is -2.33. The zero-order valence-corrected chi connectivity index (χ0v) is 15.2. The van der Waals surface area contributed by atoms with Crippen molar-refractivity contribution in [3.8, 4) is 0 Å². The smallest absolute Gasteiger partial charge is 0.224 e. The van der Waals surface area contributed by atoms with Crippen LogP contribution in [0, 0.1) is 11.6 Å². The normalized spacial score (nSPS) is 16.1. The van der Waals surface area contributed by atoms with Crippen LogP contribution in [0.3, 0.4) is 0 Å². The second-order valence-electron chi connectivity index (χ2n) is 6.07. The first-order valence-electron chi connectivity index (χ1n) is 8.07. The summed E-state index contributed by atoms with van der Waals surface area (Å²) in [6.07, 6.45) is 1.67. The Morgan fingerprint density at radius 2 is 1.92 bits per heavy atom. The van der Waals surface area contributed by atoms with E-state index in [1.165, 1.54) is 13.0 Å². The zero-order chi connectivity index (χ0) is 17.7. The van der Waals surface area contributed by atoms with E-state index in [-0.39, 0.29) is 36.2 Å². The van der Waals surface area contributed by atoms with Crippen LogP contribution in [0.5, 0.6) is 0 Å². The second kappa shape index (κ2) is 9.68. The van der Waals surface area contributed by atoms with Gasteiger partial charge in [-0.3, -0.25) is 9.59 Å². The minimum Gasteiger partial charge on any atom is -0.349 e. The minimum absolute atomic E-state index is 0. The Bertz CT molecular complexity index is 608. The number of carbonyl (C=O) groups is 2. The van der Waals surface area contributed by atoms with Crippen molar-refractivity contribution < 1.29 is 18.4 Å². The molecule has 1 aliphatic heterocycles. The van der Waals surface area contributed by atoms with Gasteiger partial charge >= 0.3 is 0 Å². The molecule has 1 aromatic carbocycles. The molecule has 25 heavy (non-hydrogen) atoms. The highest BCUT2D eigenvalue weighted by Gasteiger charge is 2.26. The van der Waals surface area contributed by atoms with Crippen LogP contribution in [0.15, 0.2) is 18.2 Å². The van der Waals surface area contributed by atoms with Crippen LogP contribution >= 0.6 is 12.4 Å². The first kappa shape index (κ1) is 21.3. The van der Waals surface area contributed by atoms with Gasteiger partial charge in [0.15, 0.2) is 0 Å². The van der Waals surface area contributed by atoms with E-state index in [4.69, 9.17) is 0 Å². The maximum absolute atomic E-state index is 14.0. The van der Waals surface area contributed by atoms with Crippen molar-refractivity contribution in [2.24, 2.45) is 0 Å². The molecule has 1 saturated heterocycles. The predicted octanol–water partition coefficient (Wildman–Crippen LogP) is 2.16. The van der Waals surface area contributed by atoms with Gasteiger partial charge in [-0.1, -0.05) is 6.07 Å². The molecule has 5 nitrogen and oxygen atoms in total. The molecule has 1 fully saturated rings. The maximum Gasteiger partial charge on any atom is 0.224 e. The molecule has 2 rings (SSSR count). The second-order valence-corrected chi connectivity index (χ2v) is 6.07. The van der Waals surface area contributed by atoms with Gasteiger partial charge < -0.3 is 15.5 Å². The Morgan fingerprint density at radius 3 is 2.44 bits per heavy atom. The number of nitrogens with zero attached hydrogens (tertiary/aromatic N) is 1. The minimum atomic E-state index is -0.808. The summed E-state index contributed by atoms with van der Waals surface area (Å²) in [6.45, 7) is 2.56. The Morgan fingerprint density at radius 1 is 1.28 bits per heavy atom. The number of benzene rings is 1. The lowest BCUT2D eigenvalue weighted by Crippen LogP contribution is -2.45. The molecule has 0 saturated carbocycles. The van der Waals surface area contributed by atoms with E-state index < -0.39 is 17.7 Å². The van der Waals surface area contributed by atoms with Crippen LogP contribution in [0.4, 0.5) is 8.78 Å². The molecule has 0 aliphatic carbocycles. The van der Waals surface area contributed by atoms with E-state index in [2.05, 4.69) is 10.6 Å². The number of hydrogen-bond donors (Lipinski definition) is 2. The first-order chi connectivity index (χ1) is 11.4. The lowest BCUT2D eigenvalue weighted by molar-refractivity contribution is -0.133. The Kier molecular flexibility index (Phi) is 8.25. The van der Waals surface area contributed by atoms with Crippen LogP contribution in [0.1, 0.15) is 37.8 Å². The van der Waals surface area contributed by atoms with Crippen LogP contribution in [-0.4, -0.2) is 42.9 Å². The summed E-state index contributed by atoms with van der Waals surface area (Å²) in [4.78, 5) is 25.6. The number of nitrogens with one attached hydrogen (secondary N) is 2. The van der Waals surface area contributed by atoms with Crippen molar-refractivity contribution in [2.75, 3.05) is 20.1 Å². The van der Waals surface area contributed by atoms with Crippen molar-refractivity contribution in [1.82, 2.24) is 15.5 Å². The summed E-state index contributed by atoms with van der Waals surface area (Å²) in [6, 6.07) is 2.74. The third-order valence-corrected chi connectivity index (χ3v) is 4.35. The van der Waals surface area contributed by atoms with E-state index >= 15 is 0 Å². The fourth-order valence-corrected chi connectivity index (χ4v) is 2.99.